The molecule has 0 aromatic rings. The second-order valence-electron chi connectivity index (χ2n) is 16.3. The lowest BCUT2D eigenvalue weighted by atomic mass is 10.1. The number of esters is 2. The minimum absolute atomic E-state index is 0.0454. The van der Waals surface area contributed by atoms with Crippen molar-refractivity contribution in [1.29, 1.82) is 0 Å². The Bertz CT molecular complexity index is 1250. The quantitative estimate of drug-likeness (QED) is 0.0347. The van der Waals surface area contributed by atoms with Gasteiger partial charge >= 0.3 is 11.9 Å². The molecule has 0 aliphatic rings. The molecule has 1 unspecified atom stereocenters. The predicted molar refractivity (Wildman–Crippen MR) is 269 cm³/mol. The topological polar surface area (TPSA) is 61.8 Å². The molecule has 0 rings (SSSR count). The molecule has 0 bridgehead atoms. The molecule has 352 valence electrons. The molecule has 0 fully saturated rings. The van der Waals surface area contributed by atoms with E-state index in [4.69, 9.17) is 14.2 Å². The molecule has 5 nitrogen and oxygen atoms in total. The van der Waals surface area contributed by atoms with Crippen LogP contribution in [0.15, 0.2) is 109 Å². The Hall–Kier alpha value is -3.44. The van der Waals surface area contributed by atoms with E-state index in [1.807, 2.05) is 0 Å². The van der Waals surface area contributed by atoms with E-state index < -0.39 is 6.10 Å². The smallest absolute Gasteiger partial charge is 0.306 e. The highest BCUT2D eigenvalue weighted by atomic mass is 16.6. The van der Waals surface area contributed by atoms with Crippen LogP contribution in [0.4, 0.5) is 0 Å². The molecule has 0 aliphatic carbocycles. The molecule has 0 saturated carbocycles. The molecule has 1 atom stereocenters. The van der Waals surface area contributed by atoms with Gasteiger partial charge in [0, 0.05) is 19.4 Å². The minimum atomic E-state index is -0.582. The molecule has 0 heterocycles. The highest BCUT2D eigenvalue weighted by molar-refractivity contribution is 5.70. The number of ether oxygens (including phenoxy) is 3. The van der Waals surface area contributed by atoms with Crippen molar-refractivity contribution < 1.29 is 23.8 Å². The predicted octanol–water partition coefficient (Wildman–Crippen LogP) is 17.2. The van der Waals surface area contributed by atoms with Gasteiger partial charge in [0.25, 0.3) is 0 Å². The van der Waals surface area contributed by atoms with Crippen LogP contribution in [0, 0.1) is 0 Å². The zero-order valence-corrected chi connectivity index (χ0v) is 40.3. The first-order valence-corrected chi connectivity index (χ1v) is 25.4. The fraction of sp³-hybridized carbons (Fsp3) is 0.649. The van der Waals surface area contributed by atoms with Gasteiger partial charge in [-0.2, -0.15) is 0 Å². The van der Waals surface area contributed by atoms with Gasteiger partial charge in [0.2, 0.25) is 0 Å². The molecule has 62 heavy (non-hydrogen) atoms. The van der Waals surface area contributed by atoms with Gasteiger partial charge in [0.05, 0.1) is 6.61 Å². The summed E-state index contributed by atoms with van der Waals surface area (Å²) in [5.41, 5.74) is 0. The van der Waals surface area contributed by atoms with E-state index in [-0.39, 0.29) is 25.2 Å². The van der Waals surface area contributed by atoms with Crippen molar-refractivity contribution in [2.45, 2.75) is 219 Å². The average molecular weight is 859 g/mol. The molecule has 0 aromatic carbocycles. The molecule has 0 aromatic heterocycles. The molecule has 0 amide bonds. The molecular formula is C57H94O5. The number of rotatable bonds is 45. The molecule has 0 spiro atoms. The van der Waals surface area contributed by atoms with Gasteiger partial charge in [0.15, 0.2) is 6.10 Å². The van der Waals surface area contributed by atoms with Crippen LogP contribution in [-0.2, 0) is 23.8 Å². The maximum absolute atomic E-state index is 12.8. The maximum atomic E-state index is 12.8. The zero-order chi connectivity index (χ0) is 44.9. The standard InChI is InChI=1S/C57H94O5/c1-4-7-10-13-16-19-22-24-26-27-28-29-30-32-34-37-40-43-46-49-52-60-53-55(62-57(59)51-48-45-42-39-35-21-18-15-12-9-6-3)54-61-56(58)50-47-44-41-38-36-33-31-25-23-20-17-14-11-8-5-2/h7,10,15-20,24-26,28-29,31-32,34,40,43,55H,4-6,8-9,11-14,21-23,27,30,33,35-39,41-42,44-54H2,1-3H3/b10-7-,18-15-,19-16-,20-17-,26-24-,29-28-,31-25-,34-32-,43-40-. The van der Waals surface area contributed by atoms with E-state index in [0.29, 0.717) is 19.4 Å². The number of hydrogen-bond acceptors (Lipinski definition) is 5. The molecule has 0 N–H and O–H groups in total. The van der Waals surface area contributed by atoms with Crippen LogP contribution >= 0.6 is 0 Å². The summed E-state index contributed by atoms with van der Waals surface area (Å²) in [4.78, 5) is 25.3. The number of hydrogen-bond donors (Lipinski definition) is 0. The second-order valence-corrected chi connectivity index (χ2v) is 16.3. The molecular weight excluding hydrogens is 765 g/mol. The average Bonchev–Trinajstić information content (AvgIpc) is 3.27. The van der Waals surface area contributed by atoms with E-state index in [9.17, 15) is 9.59 Å². The van der Waals surface area contributed by atoms with Gasteiger partial charge in [-0.05, 0) is 116 Å². The third-order valence-corrected chi connectivity index (χ3v) is 10.3. The van der Waals surface area contributed by atoms with Gasteiger partial charge in [0.1, 0.15) is 6.61 Å². The van der Waals surface area contributed by atoms with E-state index in [0.717, 1.165) is 109 Å². The van der Waals surface area contributed by atoms with Crippen molar-refractivity contribution >= 4 is 11.9 Å². The van der Waals surface area contributed by atoms with Crippen molar-refractivity contribution in [3.63, 3.8) is 0 Å². The summed E-state index contributed by atoms with van der Waals surface area (Å²) in [5.74, 6) is -0.463. The summed E-state index contributed by atoms with van der Waals surface area (Å²) >= 11 is 0. The first-order chi connectivity index (χ1) is 30.6. The Morgan fingerprint density at radius 2 is 0.742 bits per heavy atom. The third kappa shape index (κ3) is 49.2. The lowest BCUT2D eigenvalue weighted by Gasteiger charge is -2.18. The summed E-state index contributed by atoms with van der Waals surface area (Å²) in [7, 11) is 0. The van der Waals surface area contributed by atoms with Gasteiger partial charge in [-0.15, -0.1) is 0 Å². The largest absolute Gasteiger partial charge is 0.462 e. The SMILES string of the molecule is CC/C=C\C/C=C\C/C=C\C/C=C\C/C=C\C/C=C\CCCOCC(COC(=O)CCCCCCC/C=C\C/C=C\CCCCC)OC(=O)CCCCCCC/C=C\CCCC. The second kappa shape index (κ2) is 51.9. The highest BCUT2D eigenvalue weighted by Gasteiger charge is 2.17. The molecule has 0 saturated heterocycles. The molecule has 0 aliphatic heterocycles. The van der Waals surface area contributed by atoms with Gasteiger partial charge in [-0.25, -0.2) is 0 Å². The lowest BCUT2D eigenvalue weighted by molar-refractivity contribution is -0.163. The zero-order valence-electron chi connectivity index (χ0n) is 40.3. The van der Waals surface area contributed by atoms with Crippen molar-refractivity contribution in [1.82, 2.24) is 0 Å². The third-order valence-electron chi connectivity index (χ3n) is 10.3. The Kier molecular flexibility index (Phi) is 49.0. The van der Waals surface area contributed by atoms with Crippen LogP contribution in [0.3, 0.4) is 0 Å². The first kappa shape index (κ1) is 58.6. The van der Waals surface area contributed by atoms with E-state index in [2.05, 4.69) is 130 Å². The summed E-state index contributed by atoms with van der Waals surface area (Å²) < 4.78 is 17.3. The number of unbranched alkanes of at least 4 members (excludes halogenated alkanes) is 16. The minimum Gasteiger partial charge on any atom is -0.462 e. The van der Waals surface area contributed by atoms with E-state index in [1.165, 1.54) is 70.6 Å². The Labute approximate surface area is 383 Å². The highest BCUT2D eigenvalue weighted by Crippen LogP contribution is 2.12. The van der Waals surface area contributed by atoms with Crippen LogP contribution in [0.2, 0.25) is 0 Å². The van der Waals surface area contributed by atoms with Crippen LogP contribution < -0.4 is 0 Å². The maximum Gasteiger partial charge on any atom is 0.306 e. The Morgan fingerprint density at radius 3 is 1.23 bits per heavy atom. The van der Waals surface area contributed by atoms with Crippen LogP contribution in [0.1, 0.15) is 213 Å². The number of allylic oxidation sites excluding steroid dienone is 18. The summed E-state index contributed by atoms with van der Waals surface area (Å²) in [6.45, 7) is 7.47. The van der Waals surface area contributed by atoms with E-state index in [1.54, 1.807) is 0 Å². The number of carbonyl (C=O) groups is 2. The fourth-order valence-corrected chi connectivity index (χ4v) is 6.48. The first-order valence-electron chi connectivity index (χ1n) is 25.4. The van der Waals surface area contributed by atoms with Crippen LogP contribution in [0.5, 0.6) is 0 Å². The fourth-order valence-electron chi connectivity index (χ4n) is 6.48. The molecule has 5 heteroatoms. The monoisotopic (exact) mass is 859 g/mol. The Balaban J connectivity index is 4.40. The summed E-state index contributed by atoms with van der Waals surface area (Å²) in [5, 5.41) is 0. The summed E-state index contributed by atoms with van der Waals surface area (Å²) in [6.07, 6.45) is 71.0. The van der Waals surface area contributed by atoms with Crippen LogP contribution in [-0.4, -0.2) is 37.9 Å². The summed E-state index contributed by atoms with van der Waals surface area (Å²) in [6, 6.07) is 0. The van der Waals surface area contributed by atoms with Crippen molar-refractivity contribution in [3.8, 4) is 0 Å². The van der Waals surface area contributed by atoms with E-state index >= 15 is 0 Å². The lowest BCUT2D eigenvalue weighted by Crippen LogP contribution is -2.30. The Morgan fingerprint density at radius 1 is 0.371 bits per heavy atom. The van der Waals surface area contributed by atoms with Gasteiger partial charge in [-0.3, -0.25) is 9.59 Å². The number of carbonyl (C=O) groups excluding carboxylic acids is 2. The van der Waals surface area contributed by atoms with Gasteiger partial charge in [-0.1, -0.05) is 194 Å². The van der Waals surface area contributed by atoms with Crippen molar-refractivity contribution in [2.75, 3.05) is 19.8 Å². The van der Waals surface area contributed by atoms with Gasteiger partial charge < -0.3 is 14.2 Å². The normalized spacial score (nSPS) is 13.1. The van der Waals surface area contributed by atoms with Crippen LogP contribution in [0.25, 0.3) is 0 Å². The molecule has 0 radical (unpaired) electrons. The van der Waals surface area contributed by atoms with Crippen molar-refractivity contribution in [2.24, 2.45) is 0 Å². The van der Waals surface area contributed by atoms with Crippen molar-refractivity contribution in [3.05, 3.63) is 109 Å².